The molecule has 2 aromatic heterocycles. The lowest BCUT2D eigenvalue weighted by Crippen LogP contribution is -1.92. The molecule has 0 aliphatic carbocycles. The summed E-state index contributed by atoms with van der Waals surface area (Å²) in [7, 11) is 1.61. The normalized spacial score (nSPS) is 11.0. The van der Waals surface area contributed by atoms with E-state index in [9.17, 15) is 0 Å². The molecule has 0 atom stereocenters. The zero-order chi connectivity index (χ0) is 14.3. The van der Waals surface area contributed by atoms with Crippen LogP contribution in [0.1, 0.15) is 5.01 Å². The lowest BCUT2D eigenvalue weighted by atomic mass is 10.2. The first-order valence-corrected chi connectivity index (χ1v) is 7.71. The van der Waals surface area contributed by atoms with Crippen molar-refractivity contribution in [1.82, 2.24) is 15.0 Å². The second-order valence-electron chi connectivity index (χ2n) is 4.08. The van der Waals surface area contributed by atoms with Crippen LogP contribution < -0.4 is 4.74 Å². The van der Waals surface area contributed by atoms with Gasteiger partial charge in [0.15, 0.2) is 5.82 Å². The highest BCUT2D eigenvalue weighted by molar-refractivity contribution is 9.10. The van der Waals surface area contributed by atoms with Gasteiger partial charge in [-0.25, -0.2) is 15.0 Å². The van der Waals surface area contributed by atoms with E-state index in [0.29, 0.717) is 16.7 Å². The number of halogens is 2. The molecule has 0 N–H and O–H groups in total. The van der Waals surface area contributed by atoms with Crippen molar-refractivity contribution in [3.05, 3.63) is 33.0 Å². The highest BCUT2D eigenvalue weighted by Crippen LogP contribution is 2.34. The van der Waals surface area contributed by atoms with Crippen LogP contribution in [0.3, 0.4) is 0 Å². The molecular formula is C13H9BrClN3OS. The zero-order valence-electron chi connectivity index (χ0n) is 10.6. The topological polar surface area (TPSA) is 47.9 Å². The Morgan fingerprint density at radius 1 is 1.30 bits per heavy atom. The van der Waals surface area contributed by atoms with Crippen LogP contribution >= 0.6 is 38.9 Å². The molecule has 3 aromatic rings. The molecule has 0 amide bonds. The van der Waals surface area contributed by atoms with Crippen molar-refractivity contribution < 1.29 is 4.74 Å². The number of aryl methyl sites for hydroxylation is 1. The molecule has 3 rings (SSSR count). The number of hydrogen-bond donors (Lipinski definition) is 0. The Hall–Kier alpha value is -1.24. The summed E-state index contributed by atoms with van der Waals surface area (Å²) < 4.78 is 6.06. The quantitative estimate of drug-likeness (QED) is 0.624. The molecule has 0 saturated carbocycles. The van der Waals surface area contributed by atoms with Crippen LogP contribution in [0.5, 0.6) is 5.75 Å². The summed E-state index contributed by atoms with van der Waals surface area (Å²) in [5, 5.41) is 2.15. The van der Waals surface area contributed by atoms with Gasteiger partial charge in [-0.15, -0.1) is 11.3 Å². The Balaban J connectivity index is 2.27. The van der Waals surface area contributed by atoms with Gasteiger partial charge in [0.25, 0.3) is 0 Å². The lowest BCUT2D eigenvalue weighted by Gasteiger charge is -2.07. The molecule has 0 fully saturated rings. The highest BCUT2D eigenvalue weighted by Gasteiger charge is 2.13. The van der Waals surface area contributed by atoms with Crippen LogP contribution in [0.2, 0.25) is 5.15 Å². The van der Waals surface area contributed by atoms with E-state index < -0.39 is 0 Å². The number of aromatic nitrogens is 3. The number of thiazole rings is 1. The number of benzene rings is 1. The number of methoxy groups -OCH3 is 1. The van der Waals surface area contributed by atoms with Crippen LogP contribution in [0.4, 0.5) is 0 Å². The van der Waals surface area contributed by atoms with Crippen LogP contribution in [-0.4, -0.2) is 22.1 Å². The van der Waals surface area contributed by atoms with Crippen molar-refractivity contribution in [2.24, 2.45) is 0 Å². The van der Waals surface area contributed by atoms with Gasteiger partial charge in [-0.05, 0) is 28.9 Å². The van der Waals surface area contributed by atoms with E-state index in [2.05, 4.69) is 30.9 Å². The zero-order valence-corrected chi connectivity index (χ0v) is 13.8. The number of ether oxygens (including phenoxy) is 1. The summed E-state index contributed by atoms with van der Waals surface area (Å²) in [6.45, 7) is 1.94. The molecule has 1 aromatic carbocycles. The highest BCUT2D eigenvalue weighted by atomic mass is 79.9. The fourth-order valence-corrected chi connectivity index (χ4v) is 3.56. The third-order valence-corrected chi connectivity index (χ3v) is 4.56. The Bertz CT molecular complexity index is 806. The molecule has 20 heavy (non-hydrogen) atoms. The van der Waals surface area contributed by atoms with Gasteiger partial charge in [-0.3, -0.25) is 0 Å². The second kappa shape index (κ2) is 5.27. The summed E-state index contributed by atoms with van der Waals surface area (Å²) in [5.41, 5.74) is 0.734. The van der Waals surface area contributed by atoms with Gasteiger partial charge < -0.3 is 4.74 Å². The first kappa shape index (κ1) is 13.7. The Morgan fingerprint density at radius 3 is 2.75 bits per heavy atom. The monoisotopic (exact) mass is 369 g/mol. The summed E-state index contributed by atoms with van der Waals surface area (Å²) >= 11 is 11.3. The van der Waals surface area contributed by atoms with Gasteiger partial charge >= 0.3 is 0 Å². The number of nitrogens with zero attached hydrogens (tertiary/aromatic N) is 3. The van der Waals surface area contributed by atoms with Crippen molar-refractivity contribution in [3.8, 4) is 16.5 Å². The van der Waals surface area contributed by atoms with Gasteiger partial charge in [0.1, 0.15) is 10.9 Å². The molecule has 0 aliphatic heterocycles. The van der Waals surface area contributed by atoms with Gasteiger partial charge in [0.05, 0.1) is 27.9 Å². The number of fused-ring (bicyclic) bond motifs is 1. The summed E-state index contributed by atoms with van der Waals surface area (Å²) in [4.78, 5) is 14.0. The standard InChI is InChI=1S/C13H9BrClN3OS/c1-6-16-5-10(20-6)13-17-9-4-7(19-2)3-8(14)11(9)12(15)18-13/h3-5H,1-2H3. The maximum Gasteiger partial charge on any atom is 0.173 e. The predicted octanol–water partition coefficient (Wildman–Crippen LogP) is 4.49. The van der Waals surface area contributed by atoms with Gasteiger partial charge in [-0.2, -0.15) is 0 Å². The van der Waals surface area contributed by atoms with E-state index in [-0.39, 0.29) is 0 Å². The van der Waals surface area contributed by atoms with Gasteiger partial charge in [-0.1, -0.05) is 11.6 Å². The van der Waals surface area contributed by atoms with E-state index in [1.54, 1.807) is 13.3 Å². The fourth-order valence-electron chi connectivity index (χ4n) is 1.84. The summed E-state index contributed by atoms with van der Waals surface area (Å²) in [6.07, 6.45) is 1.76. The fraction of sp³-hybridized carbons (Fsp3) is 0.154. The van der Waals surface area contributed by atoms with Gasteiger partial charge in [0.2, 0.25) is 0 Å². The molecule has 4 nitrogen and oxygen atoms in total. The van der Waals surface area contributed by atoms with Crippen LogP contribution in [-0.2, 0) is 0 Å². The minimum absolute atomic E-state index is 0.408. The maximum absolute atomic E-state index is 6.28. The minimum Gasteiger partial charge on any atom is -0.497 e. The molecule has 102 valence electrons. The van der Waals surface area contributed by atoms with Crippen molar-refractivity contribution in [1.29, 1.82) is 0 Å². The van der Waals surface area contributed by atoms with Crippen LogP contribution in [0.15, 0.2) is 22.8 Å². The van der Waals surface area contributed by atoms with Crippen LogP contribution in [0, 0.1) is 6.92 Å². The van der Waals surface area contributed by atoms with E-state index in [0.717, 1.165) is 25.3 Å². The molecule has 0 unspecified atom stereocenters. The molecule has 0 saturated heterocycles. The van der Waals surface area contributed by atoms with Crippen molar-refractivity contribution in [3.63, 3.8) is 0 Å². The second-order valence-corrected chi connectivity index (χ2v) is 6.53. The number of hydrogen-bond acceptors (Lipinski definition) is 5. The average Bonchev–Trinajstić information content (AvgIpc) is 2.84. The maximum atomic E-state index is 6.28. The Kier molecular flexibility index (Phi) is 3.62. The summed E-state index contributed by atoms with van der Waals surface area (Å²) in [6, 6.07) is 3.68. The summed E-state index contributed by atoms with van der Waals surface area (Å²) in [5.74, 6) is 1.29. The van der Waals surface area contributed by atoms with Crippen molar-refractivity contribution >= 4 is 49.8 Å². The first-order valence-electron chi connectivity index (χ1n) is 5.72. The number of rotatable bonds is 2. The average molecular weight is 371 g/mol. The van der Waals surface area contributed by atoms with E-state index >= 15 is 0 Å². The Labute approximate surface area is 132 Å². The smallest absolute Gasteiger partial charge is 0.173 e. The molecule has 0 spiro atoms. The Morgan fingerprint density at radius 2 is 2.10 bits per heavy atom. The molecule has 2 heterocycles. The first-order chi connectivity index (χ1) is 9.58. The van der Waals surface area contributed by atoms with Gasteiger partial charge in [0, 0.05) is 16.7 Å². The molecule has 0 radical (unpaired) electrons. The van der Waals surface area contributed by atoms with Crippen molar-refractivity contribution in [2.45, 2.75) is 6.92 Å². The molecule has 7 heteroatoms. The molecule has 0 bridgehead atoms. The molecular weight excluding hydrogens is 362 g/mol. The van der Waals surface area contributed by atoms with E-state index in [4.69, 9.17) is 16.3 Å². The van der Waals surface area contributed by atoms with Crippen LogP contribution in [0.25, 0.3) is 21.6 Å². The van der Waals surface area contributed by atoms with E-state index in [1.165, 1.54) is 11.3 Å². The van der Waals surface area contributed by atoms with E-state index in [1.807, 2.05) is 19.1 Å². The third kappa shape index (κ3) is 2.39. The predicted molar refractivity (Wildman–Crippen MR) is 84.6 cm³/mol. The largest absolute Gasteiger partial charge is 0.497 e. The van der Waals surface area contributed by atoms with Crippen molar-refractivity contribution in [2.75, 3.05) is 7.11 Å². The lowest BCUT2D eigenvalue weighted by molar-refractivity contribution is 0.415. The third-order valence-electron chi connectivity index (χ3n) is 2.76. The SMILES string of the molecule is COc1cc(Br)c2c(Cl)nc(-c3cnc(C)s3)nc2c1. The minimum atomic E-state index is 0.408. The molecule has 0 aliphatic rings.